The maximum atomic E-state index is 11.9. The average molecular weight is 352 g/mol. The fourth-order valence-corrected chi connectivity index (χ4v) is 3.51. The Morgan fingerprint density at radius 3 is 2.67 bits per heavy atom. The van der Waals surface area contributed by atoms with E-state index in [4.69, 9.17) is 4.74 Å². The standard InChI is InChI=1S/C16H20N2O5S/c1-12(19)11-23-15(20)9-3-2-6-10-17-16-13-7-4-5-8-14(13)24(21,22)18-16/h4-5,7-8H,2-3,6,9-11H2,1H3,(H,17,18). The van der Waals surface area contributed by atoms with Crippen molar-refractivity contribution in [3.05, 3.63) is 29.8 Å². The van der Waals surface area contributed by atoms with Gasteiger partial charge in [-0.25, -0.2) is 8.42 Å². The number of rotatable bonds is 8. The van der Waals surface area contributed by atoms with Crippen LogP contribution in [0.5, 0.6) is 0 Å². The highest BCUT2D eigenvalue weighted by molar-refractivity contribution is 7.90. The van der Waals surface area contributed by atoms with E-state index >= 15 is 0 Å². The molecule has 0 saturated carbocycles. The molecule has 0 amide bonds. The fourth-order valence-electron chi connectivity index (χ4n) is 2.25. The van der Waals surface area contributed by atoms with Crippen LogP contribution in [0.25, 0.3) is 0 Å². The van der Waals surface area contributed by atoms with Crippen molar-refractivity contribution in [3.63, 3.8) is 0 Å². The summed E-state index contributed by atoms with van der Waals surface area (Å²) in [5, 5.41) is 0. The number of sulfonamides is 1. The summed E-state index contributed by atoms with van der Waals surface area (Å²) in [6.07, 6.45) is 2.40. The van der Waals surface area contributed by atoms with Gasteiger partial charge in [0, 0.05) is 18.5 Å². The van der Waals surface area contributed by atoms with Crippen molar-refractivity contribution in [3.8, 4) is 0 Å². The molecule has 2 rings (SSSR count). The predicted octanol–water partition coefficient (Wildman–Crippen LogP) is 1.42. The van der Waals surface area contributed by atoms with E-state index in [1.165, 1.54) is 6.92 Å². The molecule has 0 spiro atoms. The van der Waals surface area contributed by atoms with Crippen LogP contribution in [0.1, 0.15) is 38.2 Å². The highest BCUT2D eigenvalue weighted by Crippen LogP contribution is 2.22. The third kappa shape index (κ3) is 4.89. The van der Waals surface area contributed by atoms with E-state index in [0.717, 1.165) is 12.8 Å². The number of hydrogen-bond acceptors (Lipinski definition) is 6. The Bertz CT molecular complexity index is 755. The zero-order chi connectivity index (χ0) is 17.6. The van der Waals surface area contributed by atoms with E-state index < -0.39 is 10.0 Å². The van der Waals surface area contributed by atoms with Crippen molar-refractivity contribution in [1.82, 2.24) is 4.72 Å². The molecule has 0 saturated heterocycles. The SMILES string of the molecule is CC(=O)COC(=O)CCCCCN=C1NS(=O)(=O)c2ccccc21. The minimum atomic E-state index is -3.50. The quantitative estimate of drug-likeness (QED) is 0.563. The third-order valence-corrected chi connectivity index (χ3v) is 4.81. The lowest BCUT2D eigenvalue weighted by atomic mass is 10.2. The molecule has 7 nitrogen and oxygen atoms in total. The molecule has 0 radical (unpaired) electrons. The molecule has 1 heterocycles. The minimum Gasteiger partial charge on any atom is -0.458 e. The molecule has 1 aliphatic rings. The van der Waals surface area contributed by atoms with E-state index in [-0.39, 0.29) is 29.7 Å². The zero-order valence-corrected chi connectivity index (χ0v) is 14.3. The van der Waals surface area contributed by atoms with Crippen molar-refractivity contribution in [2.24, 2.45) is 4.99 Å². The van der Waals surface area contributed by atoms with E-state index in [2.05, 4.69) is 9.71 Å². The molecule has 0 aliphatic carbocycles. The molecule has 1 aromatic rings. The number of esters is 1. The van der Waals surface area contributed by atoms with Gasteiger partial charge < -0.3 is 4.74 Å². The summed E-state index contributed by atoms with van der Waals surface area (Å²) in [5.41, 5.74) is 0.588. The first kappa shape index (κ1) is 18.1. The second-order valence-electron chi connectivity index (χ2n) is 5.51. The minimum absolute atomic E-state index is 0.175. The zero-order valence-electron chi connectivity index (χ0n) is 13.4. The highest BCUT2D eigenvalue weighted by atomic mass is 32.2. The number of benzene rings is 1. The number of carbonyl (C=O) groups excluding carboxylic acids is 2. The highest BCUT2D eigenvalue weighted by Gasteiger charge is 2.29. The van der Waals surface area contributed by atoms with Crippen LogP contribution in [0.2, 0.25) is 0 Å². The van der Waals surface area contributed by atoms with Gasteiger partial charge in [-0.2, -0.15) is 0 Å². The Hall–Kier alpha value is -2.22. The molecule has 24 heavy (non-hydrogen) atoms. The van der Waals surface area contributed by atoms with Gasteiger partial charge >= 0.3 is 5.97 Å². The number of nitrogens with zero attached hydrogens (tertiary/aromatic N) is 1. The van der Waals surface area contributed by atoms with Crippen LogP contribution >= 0.6 is 0 Å². The molecule has 1 aliphatic heterocycles. The number of unbranched alkanes of at least 4 members (excludes halogenated alkanes) is 2. The number of nitrogens with one attached hydrogen (secondary N) is 1. The molecular formula is C16H20N2O5S. The summed E-state index contributed by atoms with van der Waals surface area (Å²) in [7, 11) is -3.50. The molecule has 0 aromatic heterocycles. The van der Waals surface area contributed by atoms with Crippen LogP contribution in [0.15, 0.2) is 34.2 Å². The van der Waals surface area contributed by atoms with Gasteiger partial charge in [0.15, 0.2) is 5.78 Å². The number of hydrogen-bond donors (Lipinski definition) is 1. The van der Waals surface area contributed by atoms with Gasteiger partial charge in [-0.15, -0.1) is 0 Å². The van der Waals surface area contributed by atoms with Crippen molar-refractivity contribution in [1.29, 1.82) is 0 Å². The van der Waals surface area contributed by atoms with Gasteiger partial charge in [0.05, 0.1) is 4.90 Å². The number of amidine groups is 1. The van der Waals surface area contributed by atoms with Gasteiger partial charge in [-0.3, -0.25) is 19.3 Å². The van der Waals surface area contributed by atoms with E-state index in [1.54, 1.807) is 24.3 Å². The Morgan fingerprint density at radius 2 is 1.92 bits per heavy atom. The Kier molecular flexibility index (Phi) is 6.08. The molecule has 130 valence electrons. The Labute approximate surface area is 141 Å². The summed E-state index contributed by atoms with van der Waals surface area (Å²) < 4.78 is 31.0. The number of fused-ring (bicyclic) bond motifs is 1. The topological polar surface area (TPSA) is 102 Å². The third-order valence-electron chi connectivity index (χ3n) is 3.41. The van der Waals surface area contributed by atoms with Crippen LogP contribution in [0.4, 0.5) is 0 Å². The van der Waals surface area contributed by atoms with E-state index in [0.29, 0.717) is 24.4 Å². The van der Waals surface area contributed by atoms with Crippen molar-refractivity contribution in [2.75, 3.05) is 13.2 Å². The molecule has 0 bridgehead atoms. The summed E-state index contributed by atoms with van der Waals surface area (Å²) >= 11 is 0. The van der Waals surface area contributed by atoms with Crippen LogP contribution in [-0.2, 0) is 24.3 Å². The average Bonchev–Trinajstić information content (AvgIpc) is 2.80. The molecule has 0 atom stereocenters. The first-order valence-electron chi connectivity index (χ1n) is 7.72. The first-order chi connectivity index (χ1) is 11.4. The maximum Gasteiger partial charge on any atom is 0.306 e. The predicted molar refractivity (Wildman–Crippen MR) is 88.3 cm³/mol. The smallest absolute Gasteiger partial charge is 0.306 e. The summed E-state index contributed by atoms with van der Waals surface area (Å²) in [4.78, 5) is 26.6. The van der Waals surface area contributed by atoms with Gasteiger partial charge in [-0.05, 0) is 31.9 Å². The largest absolute Gasteiger partial charge is 0.458 e. The van der Waals surface area contributed by atoms with Crippen molar-refractivity contribution < 1.29 is 22.7 Å². The second-order valence-corrected chi connectivity index (χ2v) is 7.16. The summed E-state index contributed by atoms with van der Waals surface area (Å²) in [6.45, 7) is 1.66. The van der Waals surface area contributed by atoms with Crippen LogP contribution < -0.4 is 4.72 Å². The van der Waals surface area contributed by atoms with E-state index in [9.17, 15) is 18.0 Å². The number of Topliss-reactive ketones (excluding diaryl/α,β-unsaturated/α-hetero) is 1. The normalized spacial score (nSPS) is 16.5. The number of carbonyl (C=O) groups is 2. The molecule has 0 fully saturated rings. The Balaban J connectivity index is 1.74. The fraction of sp³-hybridized carbons (Fsp3) is 0.438. The van der Waals surface area contributed by atoms with Gasteiger partial charge in [-0.1, -0.05) is 18.6 Å². The van der Waals surface area contributed by atoms with E-state index in [1.807, 2.05) is 0 Å². The first-order valence-corrected chi connectivity index (χ1v) is 9.20. The summed E-state index contributed by atoms with van der Waals surface area (Å²) in [6, 6.07) is 6.71. The second kappa shape index (κ2) is 8.05. The molecule has 8 heteroatoms. The van der Waals surface area contributed by atoms with Crippen molar-refractivity contribution in [2.45, 2.75) is 37.5 Å². The lowest BCUT2D eigenvalue weighted by molar-refractivity contribution is -0.147. The molecular weight excluding hydrogens is 332 g/mol. The van der Waals surface area contributed by atoms with Crippen molar-refractivity contribution >= 4 is 27.6 Å². The number of aliphatic imine (C=N–C) groups is 1. The lowest BCUT2D eigenvalue weighted by Crippen LogP contribution is -2.22. The summed E-state index contributed by atoms with van der Waals surface area (Å²) in [5.74, 6) is -0.195. The van der Waals surface area contributed by atoms with Gasteiger partial charge in [0.2, 0.25) is 0 Å². The van der Waals surface area contributed by atoms with Crippen LogP contribution in [0.3, 0.4) is 0 Å². The number of ether oxygens (including phenoxy) is 1. The molecule has 0 unspecified atom stereocenters. The Morgan fingerprint density at radius 1 is 1.17 bits per heavy atom. The monoisotopic (exact) mass is 352 g/mol. The van der Waals surface area contributed by atoms with Crippen LogP contribution in [0, 0.1) is 0 Å². The lowest BCUT2D eigenvalue weighted by Gasteiger charge is -2.02. The molecule has 1 aromatic carbocycles. The van der Waals surface area contributed by atoms with Crippen LogP contribution in [-0.4, -0.2) is 39.2 Å². The number of ketones is 1. The maximum absolute atomic E-state index is 11.9. The van der Waals surface area contributed by atoms with Gasteiger partial charge in [0.25, 0.3) is 10.0 Å². The molecule has 1 N–H and O–H groups in total. The van der Waals surface area contributed by atoms with Gasteiger partial charge in [0.1, 0.15) is 12.4 Å².